The van der Waals surface area contributed by atoms with Crippen LogP contribution in [0, 0.1) is 6.92 Å². The molecular weight excluding hydrogens is 408 g/mol. The van der Waals surface area contributed by atoms with Crippen LogP contribution in [0.3, 0.4) is 0 Å². The number of aryl methyl sites for hydroxylation is 2. The minimum atomic E-state index is -3.70. The van der Waals surface area contributed by atoms with Crippen LogP contribution in [-0.4, -0.2) is 26.6 Å². The van der Waals surface area contributed by atoms with E-state index in [0.717, 1.165) is 36.6 Å². The summed E-state index contributed by atoms with van der Waals surface area (Å²) in [6.45, 7) is 3.63. The molecule has 0 aliphatic heterocycles. The second-order valence-corrected chi connectivity index (χ2v) is 9.86. The summed E-state index contributed by atoms with van der Waals surface area (Å²) >= 11 is 6.13. The van der Waals surface area contributed by atoms with E-state index >= 15 is 0 Å². The highest BCUT2D eigenvalue weighted by Gasteiger charge is 2.34. The van der Waals surface area contributed by atoms with Gasteiger partial charge in [0.25, 0.3) is 0 Å². The number of fused-ring (bicyclic) bond motifs is 1. The second-order valence-electron chi connectivity index (χ2n) is 7.57. The molecule has 2 aromatic rings. The number of carbonyl (C=O) groups excluding carboxylic acids is 1. The zero-order valence-corrected chi connectivity index (χ0v) is 18.6. The molecule has 0 saturated heterocycles. The van der Waals surface area contributed by atoms with Crippen molar-refractivity contribution in [1.29, 1.82) is 0 Å². The van der Waals surface area contributed by atoms with Gasteiger partial charge in [0, 0.05) is 5.02 Å². The maximum Gasteiger partial charge on any atom is 0.244 e. The number of nitrogens with zero attached hydrogens (tertiary/aromatic N) is 1. The molecule has 3 rings (SSSR count). The smallest absolute Gasteiger partial charge is 0.244 e. The molecule has 0 unspecified atom stereocenters. The summed E-state index contributed by atoms with van der Waals surface area (Å²) in [7, 11) is -3.70. The Bertz CT molecular complexity index is 1010. The monoisotopic (exact) mass is 434 g/mol. The van der Waals surface area contributed by atoms with Crippen molar-refractivity contribution in [3.05, 3.63) is 64.2 Å². The van der Waals surface area contributed by atoms with Crippen molar-refractivity contribution in [2.24, 2.45) is 0 Å². The number of carbonyl (C=O) groups is 1. The van der Waals surface area contributed by atoms with Crippen LogP contribution in [0.4, 0.5) is 5.69 Å². The van der Waals surface area contributed by atoms with Crippen LogP contribution >= 0.6 is 11.6 Å². The number of benzene rings is 2. The predicted octanol–water partition coefficient (Wildman–Crippen LogP) is 4.39. The van der Waals surface area contributed by atoms with Gasteiger partial charge in [-0.2, -0.15) is 0 Å². The number of sulfonamides is 1. The van der Waals surface area contributed by atoms with E-state index in [1.807, 2.05) is 32.0 Å². The zero-order valence-electron chi connectivity index (χ0n) is 17.0. The van der Waals surface area contributed by atoms with E-state index in [1.54, 1.807) is 18.2 Å². The quantitative estimate of drug-likeness (QED) is 0.733. The highest BCUT2D eigenvalue weighted by atomic mass is 35.5. The van der Waals surface area contributed by atoms with Crippen molar-refractivity contribution < 1.29 is 13.2 Å². The molecule has 1 aliphatic carbocycles. The fraction of sp³-hybridized carbons (Fsp3) is 0.409. The number of anilines is 1. The SMILES string of the molecule is CC[C@@H](C(=O)N[C@H]1CCCc2ccccc21)N(c1cc(Cl)ccc1C)S(C)(=O)=O. The van der Waals surface area contributed by atoms with Gasteiger partial charge in [0.1, 0.15) is 6.04 Å². The summed E-state index contributed by atoms with van der Waals surface area (Å²) in [5.74, 6) is -0.293. The van der Waals surface area contributed by atoms with Gasteiger partial charge >= 0.3 is 0 Å². The molecule has 1 aliphatic rings. The normalized spacial score (nSPS) is 17.3. The molecule has 0 heterocycles. The standard InChI is InChI=1S/C22H27ClN2O3S/c1-4-20(25(29(3,27)28)21-14-17(23)13-12-15(21)2)22(26)24-19-11-7-9-16-8-5-6-10-18(16)19/h5-6,8,10,12-14,19-20H,4,7,9,11H2,1-3H3,(H,24,26)/t19-,20-/m0/s1. The van der Waals surface area contributed by atoms with Crippen LogP contribution in [0.15, 0.2) is 42.5 Å². The first-order chi connectivity index (χ1) is 13.7. The van der Waals surface area contributed by atoms with Crippen LogP contribution in [0.1, 0.15) is 48.9 Å². The summed E-state index contributed by atoms with van der Waals surface area (Å²) in [6, 6.07) is 12.2. The molecule has 0 spiro atoms. The summed E-state index contributed by atoms with van der Waals surface area (Å²) < 4.78 is 26.6. The number of rotatable bonds is 6. The van der Waals surface area contributed by atoms with Gasteiger partial charge < -0.3 is 5.32 Å². The Morgan fingerprint density at radius 1 is 1.28 bits per heavy atom. The third kappa shape index (κ3) is 4.75. The molecule has 0 bridgehead atoms. The first-order valence-corrected chi connectivity index (χ1v) is 12.1. The van der Waals surface area contributed by atoms with Crippen LogP contribution < -0.4 is 9.62 Å². The van der Waals surface area contributed by atoms with E-state index in [0.29, 0.717) is 17.1 Å². The van der Waals surface area contributed by atoms with E-state index in [2.05, 4.69) is 11.4 Å². The van der Waals surface area contributed by atoms with Crippen LogP contribution in [0.25, 0.3) is 0 Å². The fourth-order valence-corrected chi connectivity index (χ4v) is 5.45. The molecule has 5 nitrogen and oxygen atoms in total. The number of amides is 1. The second kappa shape index (κ2) is 8.76. The Hall–Kier alpha value is -2.05. The maximum atomic E-state index is 13.3. The minimum absolute atomic E-state index is 0.108. The van der Waals surface area contributed by atoms with Crippen LogP contribution in [0.5, 0.6) is 0 Å². The molecule has 1 amide bonds. The number of hydrogen-bond donors (Lipinski definition) is 1. The van der Waals surface area contributed by atoms with E-state index in [9.17, 15) is 13.2 Å². The molecule has 1 N–H and O–H groups in total. The van der Waals surface area contributed by atoms with Gasteiger partial charge in [-0.05, 0) is 61.4 Å². The van der Waals surface area contributed by atoms with Crippen molar-refractivity contribution in [2.45, 2.75) is 51.6 Å². The van der Waals surface area contributed by atoms with Crippen LogP contribution in [-0.2, 0) is 21.2 Å². The van der Waals surface area contributed by atoms with Gasteiger partial charge in [0.15, 0.2) is 0 Å². The average Bonchev–Trinajstić information content (AvgIpc) is 2.67. The average molecular weight is 435 g/mol. The third-order valence-corrected chi connectivity index (χ3v) is 6.83. The molecule has 7 heteroatoms. The molecule has 29 heavy (non-hydrogen) atoms. The first-order valence-electron chi connectivity index (χ1n) is 9.86. The zero-order chi connectivity index (χ0) is 21.2. The Balaban J connectivity index is 1.94. The molecule has 0 radical (unpaired) electrons. The highest BCUT2D eigenvalue weighted by Crippen LogP contribution is 2.32. The highest BCUT2D eigenvalue weighted by molar-refractivity contribution is 7.92. The predicted molar refractivity (Wildman–Crippen MR) is 118 cm³/mol. The lowest BCUT2D eigenvalue weighted by atomic mass is 9.87. The van der Waals surface area contributed by atoms with E-state index in [1.165, 1.54) is 9.87 Å². The molecule has 2 aromatic carbocycles. The van der Waals surface area contributed by atoms with Crippen molar-refractivity contribution in [3.63, 3.8) is 0 Å². The van der Waals surface area contributed by atoms with Crippen molar-refractivity contribution in [1.82, 2.24) is 5.32 Å². The van der Waals surface area contributed by atoms with Gasteiger partial charge in [-0.25, -0.2) is 8.42 Å². The summed E-state index contributed by atoms with van der Waals surface area (Å²) in [5.41, 5.74) is 3.54. The lowest BCUT2D eigenvalue weighted by Crippen LogP contribution is -2.50. The minimum Gasteiger partial charge on any atom is -0.347 e. The molecule has 0 saturated carbocycles. The fourth-order valence-electron chi connectivity index (χ4n) is 4.03. The van der Waals surface area contributed by atoms with Crippen molar-refractivity contribution in [3.8, 4) is 0 Å². The van der Waals surface area contributed by atoms with E-state index in [-0.39, 0.29) is 11.9 Å². The molecule has 156 valence electrons. The molecule has 0 aromatic heterocycles. The largest absolute Gasteiger partial charge is 0.347 e. The summed E-state index contributed by atoms with van der Waals surface area (Å²) in [4.78, 5) is 13.3. The Kier molecular flexibility index (Phi) is 6.54. The first kappa shape index (κ1) is 21.7. The lowest BCUT2D eigenvalue weighted by molar-refractivity contribution is -0.123. The van der Waals surface area contributed by atoms with Gasteiger partial charge in [0.2, 0.25) is 15.9 Å². The van der Waals surface area contributed by atoms with Gasteiger partial charge in [-0.1, -0.05) is 48.9 Å². The van der Waals surface area contributed by atoms with E-state index < -0.39 is 16.1 Å². The van der Waals surface area contributed by atoms with E-state index in [4.69, 9.17) is 11.6 Å². The Morgan fingerprint density at radius 2 is 2.00 bits per heavy atom. The lowest BCUT2D eigenvalue weighted by Gasteiger charge is -2.33. The number of halogens is 1. The number of hydrogen-bond acceptors (Lipinski definition) is 3. The van der Waals surface area contributed by atoms with Gasteiger partial charge in [-0.3, -0.25) is 9.10 Å². The maximum absolute atomic E-state index is 13.3. The van der Waals surface area contributed by atoms with Crippen molar-refractivity contribution in [2.75, 3.05) is 10.6 Å². The molecule has 2 atom stereocenters. The Labute approximate surface area is 178 Å². The van der Waals surface area contributed by atoms with Crippen LogP contribution in [0.2, 0.25) is 5.02 Å². The number of nitrogens with one attached hydrogen (secondary N) is 1. The van der Waals surface area contributed by atoms with Gasteiger partial charge in [0.05, 0.1) is 18.0 Å². The van der Waals surface area contributed by atoms with Gasteiger partial charge in [-0.15, -0.1) is 0 Å². The molecular formula is C22H27ClN2O3S. The summed E-state index contributed by atoms with van der Waals surface area (Å²) in [5, 5.41) is 3.53. The Morgan fingerprint density at radius 3 is 2.69 bits per heavy atom. The van der Waals surface area contributed by atoms with Crippen molar-refractivity contribution >= 4 is 33.2 Å². The summed E-state index contributed by atoms with van der Waals surface area (Å²) in [6.07, 6.45) is 4.30. The molecule has 0 fully saturated rings. The third-order valence-electron chi connectivity index (χ3n) is 5.42. The topological polar surface area (TPSA) is 66.5 Å².